The summed E-state index contributed by atoms with van der Waals surface area (Å²) in [4.78, 5) is 8.28. The predicted octanol–water partition coefficient (Wildman–Crippen LogP) is 9.52. The van der Waals surface area contributed by atoms with E-state index in [9.17, 15) is 20.7 Å². The molecule has 62 heavy (non-hydrogen) atoms. The average molecular weight is 873 g/mol. The Balaban J connectivity index is 1.18. The van der Waals surface area contributed by atoms with Gasteiger partial charge in [-0.3, -0.25) is 9.97 Å². The third-order valence-corrected chi connectivity index (χ3v) is 10.9. The van der Waals surface area contributed by atoms with Gasteiger partial charge >= 0.3 is 0 Å². The van der Waals surface area contributed by atoms with E-state index in [4.69, 9.17) is 42.1 Å². The van der Waals surface area contributed by atoms with Crippen molar-refractivity contribution in [2.75, 3.05) is 19.8 Å². The third kappa shape index (κ3) is 12.0. The van der Waals surface area contributed by atoms with Gasteiger partial charge in [0.05, 0.1) is 27.8 Å². The van der Waals surface area contributed by atoms with Crippen LogP contribution in [0.2, 0.25) is 10.0 Å². The Hall–Kier alpha value is -6.18. The minimum absolute atomic E-state index is 0.0108. The minimum Gasteiger partial charge on any atom is -0.488 e. The maximum absolute atomic E-state index is 9.37. The molecule has 0 saturated heterocycles. The molecule has 0 bridgehead atoms. The molecule has 11 nitrogen and oxygen atoms in total. The van der Waals surface area contributed by atoms with Crippen LogP contribution in [0.15, 0.2) is 97.6 Å². The van der Waals surface area contributed by atoms with E-state index in [2.05, 4.69) is 53.4 Å². The normalized spacial score (nSPS) is 10.8. The standard InChI is InChI=1S/C49H47Cl2N5O6/c1-32-39(30-61-48-19-46(38(17-44(48)50)7-3-4-13-57)59-28-36-15-34(21-52)23-55-25-36)8-5-10-42(32)43-11-6-9-40(33(43)2)31-62-49-20-47(41(18-45(49)51)27-54-12-14-58)60-29-37-16-35(22-53)24-56-26-37/h5-6,8-11,15-20,23-26,54,57-58H,3-4,7,12-14,27-31H2,1-2H3. The molecule has 0 saturated carbocycles. The zero-order valence-electron chi connectivity index (χ0n) is 34.6. The van der Waals surface area contributed by atoms with Crippen LogP contribution in [0.25, 0.3) is 11.1 Å². The molecule has 0 aliphatic heterocycles. The largest absolute Gasteiger partial charge is 0.488 e. The van der Waals surface area contributed by atoms with Gasteiger partial charge in [-0.05, 0) is 96.3 Å². The summed E-state index contributed by atoms with van der Waals surface area (Å²) >= 11 is 13.6. The molecular weight excluding hydrogens is 825 g/mol. The Morgan fingerprint density at radius 2 is 1.08 bits per heavy atom. The van der Waals surface area contributed by atoms with Crippen molar-refractivity contribution in [3.8, 4) is 46.3 Å². The van der Waals surface area contributed by atoms with Crippen LogP contribution in [0.4, 0.5) is 0 Å². The molecule has 318 valence electrons. The van der Waals surface area contributed by atoms with Crippen LogP contribution >= 0.6 is 23.2 Å². The lowest BCUT2D eigenvalue weighted by Gasteiger charge is -2.19. The number of aliphatic hydroxyl groups is 2. The van der Waals surface area contributed by atoms with Crippen molar-refractivity contribution in [3.63, 3.8) is 0 Å². The third-order valence-electron chi connectivity index (χ3n) is 10.3. The summed E-state index contributed by atoms with van der Waals surface area (Å²) in [6, 6.07) is 27.2. The van der Waals surface area contributed by atoms with E-state index in [1.54, 1.807) is 42.7 Å². The van der Waals surface area contributed by atoms with Crippen LogP contribution in [0.5, 0.6) is 23.0 Å². The number of ether oxygens (including phenoxy) is 4. The lowest BCUT2D eigenvalue weighted by molar-refractivity contribution is 0.280. The number of rotatable bonds is 21. The second-order valence-electron chi connectivity index (χ2n) is 14.6. The summed E-state index contributed by atoms with van der Waals surface area (Å²) in [6.45, 7) is 5.94. The first kappa shape index (κ1) is 45.3. The number of nitriles is 2. The molecule has 13 heteroatoms. The van der Waals surface area contributed by atoms with Crippen LogP contribution in [0.1, 0.15) is 68.5 Å². The first-order valence-electron chi connectivity index (χ1n) is 20.1. The summed E-state index contributed by atoms with van der Waals surface area (Å²) < 4.78 is 25.2. The Morgan fingerprint density at radius 1 is 0.581 bits per heavy atom. The van der Waals surface area contributed by atoms with Crippen LogP contribution in [-0.2, 0) is 39.4 Å². The number of aryl methyl sites for hydroxylation is 1. The predicted molar refractivity (Wildman–Crippen MR) is 238 cm³/mol. The number of pyridine rings is 2. The molecule has 2 aromatic heterocycles. The summed E-state index contributed by atoms with van der Waals surface area (Å²) in [6.07, 6.45) is 8.40. The highest BCUT2D eigenvalue weighted by Gasteiger charge is 2.17. The molecule has 0 atom stereocenters. The number of aliphatic hydroxyl groups excluding tert-OH is 2. The second-order valence-corrected chi connectivity index (χ2v) is 15.4. The number of nitrogens with one attached hydrogen (secondary N) is 1. The summed E-state index contributed by atoms with van der Waals surface area (Å²) in [5.41, 5.74) is 10.2. The van der Waals surface area contributed by atoms with Crippen LogP contribution in [0.3, 0.4) is 0 Å². The van der Waals surface area contributed by atoms with Crippen LogP contribution in [0, 0.1) is 36.5 Å². The second kappa shape index (κ2) is 22.6. The number of aromatic nitrogens is 2. The maximum atomic E-state index is 9.37. The number of hydrogen-bond acceptors (Lipinski definition) is 11. The summed E-state index contributed by atoms with van der Waals surface area (Å²) in [5.74, 6) is 2.09. The van der Waals surface area contributed by atoms with E-state index >= 15 is 0 Å². The highest BCUT2D eigenvalue weighted by molar-refractivity contribution is 6.32. The first-order chi connectivity index (χ1) is 30.2. The molecule has 0 spiro atoms. The lowest BCUT2D eigenvalue weighted by Crippen LogP contribution is -2.18. The van der Waals surface area contributed by atoms with E-state index in [1.165, 1.54) is 12.4 Å². The van der Waals surface area contributed by atoms with E-state index in [0.717, 1.165) is 62.1 Å². The van der Waals surface area contributed by atoms with Gasteiger partial charge in [-0.2, -0.15) is 10.5 Å². The van der Waals surface area contributed by atoms with Crippen LogP contribution < -0.4 is 24.3 Å². The van der Waals surface area contributed by atoms with Gasteiger partial charge in [-0.25, -0.2) is 0 Å². The Labute approximate surface area is 372 Å². The topological polar surface area (TPSA) is 163 Å². The smallest absolute Gasteiger partial charge is 0.142 e. The van der Waals surface area contributed by atoms with Gasteiger partial charge in [0, 0.05) is 73.3 Å². The number of hydrogen-bond donors (Lipinski definition) is 3. The van der Waals surface area contributed by atoms with E-state index in [1.807, 2.05) is 30.3 Å². The van der Waals surface area contributed by atoms with Gasteiger partial charge in [0.1, 0.15) is 61.6 Å². The van der Waals surface area contributed by atoms with Crippen molar-refractivity contribution in [1.82, 2.24) is 15.3 Å². The quantitative estimate of drug-likeness (QED) is 0.0591. The average Bonchev–Trinajstić information content (AvgIpc) is 3.29. The molecule has 0 amide bonds. The molecular formula is C49H47Cl2N5O6. The van der Waals surface area contributed by atoms with E-state index in [0.29, 0.717) is 70.1 Å². The monoisotopic (exact) mass is 871 g/mol. The molecule has 0 fully saturated rings. The molecule has 2 heterocycles. The molecule has 6 aromatic rings. The van der Waals surface area contributed by atoms with Crippen molar-refractivity contribution in [2.24, 2.45) is 0 Å². The van der Waals surface area contributed by atoms with Crippen molar-refractivity contribution in [2.45, 2.75) is 66.1 Å². The zero-order valence-corrected chi connectivity index (χ0v) is 36.1. The van der Waals surface area contributed by atoms with Crippen LogP contribution in [-0.4, -0.2) is 39.9 Å². The zero-order chi connectivity index (χ0) is 43.8. The fraction of sp³-hybridized carbons (Fsp3) is 0.265. The number of halogens is 2. The highest BCUT2D eigenvalue weighted by Crippen LogP contribution is 2.37. The van der Waals surface area contributed by atoms with Gasteiger partial charge in [-0.1, -0.05) is 59.6 Å². The number of benzene rings is 4. The summed E-state index contributed by atoms with van der Waals surface area (Å²) in [5, 5.41) is 41.3. The lowest BCUT2D eigenvalue weighted by atomic mass is 9.92. The van der Waals surface area contributed by atoms with E-state index in [-0.39, 0.29) is 39.6 Å². The highest BCUT2D eigenvalue weighted by atomic mass is 35.5. The minimum atomic E-state index is -0.0108. The Morgan fingerprint density at radius 3 is 1.58 bits per heavy atom. The molecule has 0 aliphatic rings. The fourth-order valence-corrected chi connectivity index (χ4v) is 7.34. The summed E-state index contributed by atoms with van der Waals surface area (Å²) in [7, 11) is 0. The molecule has 0 aliphatic carbocycles. The van der Waals surface area contributed by atoms with Gasteiger partial charge in [0.2, 0.25) is 0 Å². The first-order valence-corrected chi connectivity index (χ1v) is 20.9. The van der Waals surface area contributed by atoms with Crippen molar-refractivity contribution in [1.29, 1.82) is 10.5 Å². The molecule has 0 radical (unpaired) electrons. The van der Waals surface area contributed by atoms with E-state index < -0.39 is 0 Å². The maximum Gasteiger partial charge on any atom is 0.142 e. The molecule has 0 unspecified atom stereocenters. The number of unbranched alkanes of at least 4 members (excludes halogenated alkanes) is 1. The van der Waals surface area contributed by atoms with Crippen molar-refractivity contribution in [3.05, 3.63) is 163 Å². The molecule has 6 rings (SSSR count). The SMILES string of the molecule is Cc1c(COc2cc(OCc3cncc(C#N)c3)c(CCCCO)cc2Cl)cccc1-c1cccc(COc2cc(OCc3cncc(C#N)c3)c(CNCCO)cc2Cl)c1C. The number of nitrogens with zero attached hydrogens (tertiary/aromatic N) is 4. The Bertz CT molecular complexity index is 2400. The van der Waals surface area contributed by atoms with Gasteiger partial charge in [0.25, 0.3) is 0 Å². The van der Waals surface area contributed by atoms with Gasteiger partial charge in [-0.15, -0.1) is 0 Å². The van der Waals surface area contributed by atoms with Gasteiger partial charge < -0.3 is 34.5 Å². The van der Waals surface area contributed by atoms with Crippen molar-refractivity contribution < 1.29 is 29.2 Å². The molecule has 3 N–H and O–H groups in total. The van der Waals surface area contributed by atoms with Gasteiger partial charge in [0.15, 0.2) is 0 Å². The molecule has 4 aromatic carbocycles. The Kier molecular flexibility index (Phi) is 16.5. The van der Waals surface area contributed by atoms with Crippen molar-refractivity contribution >= 4 is 23.2 Å². The fourth-order valence-electron chi connectivity index (χ4n) is 6.86.